The number of fused-ring (bicyclic) bond motifs is 1. The third kappa shape index (κ3) is 3.21. The van der Waals surface area contributed by atoms with Crippen molar-refractivity contribution in [3.05, 3.63) is 130 Å². The Morgan fingerprint density at radius 2 is 1.23 bits per heavy atom. The summed E-state index contributed by atoms with van der Waals surface area (Å²) in [4.78, 5) is 4.93. The molecule has 3 nitrogen and oxygen atoms in total. The Morgan fingerprint density at radius 3 is 1.68 bits per heavy atom. The summed E-state index contributed by atoms with van der Waals surface area (Å²) in [7, 11) is 0. The summed E-state index contributed by atoms with van der Waals surface area (Å²) in [6, 6.07) is 32.9. The lowest BCUT2D eigenvalue weighted by molar-refractivity contribution is 0.722. The number of rotatable bonds is 5. The molecule has 0 amide bonds. The molecule has 0 fully saturated rings. The number of alkyl halides is 1. The normalized spacial score (nSPS) is 11.7. The van der Waals surface area contributed by atoms with Crippen LogP contribution in [0.4, 0.5) is 0 Å². The van der Waals surface area contributed by atoms with Gasteiger partial charge in [-0.3, -0.25) is 5.10 Å². The van der Waals surface area contributed by atoms with Gasteiger partial charge >= 0.3 is 0 Å². The first kappa shape index (κ1) is 19.8. The van der Waals surface area contributed by atoms with Crippen LogP contribution in [0.15, 0.2) is 97.1 Å². The van der Waals surface area contributed by atoms with Gasteiger partial charge in [0.15, 0.2) is 0 Å². The molecule has 5 rings (SSSR count). The fourth-order valence-corrected chi connectivity index (χ4v) is 4.79. The molecule has 0 radical (unpaired) electrons. The smallest absolute Gasteiger partial charge is 0.131 e. The number of nitrogens with zero attached hydrogens (tertiary/aromatic N) is 2. The maximum atomic E-state index is 6.55. The van der Waals surface area contributed by atoms with Gasteiger partial charge in [-0.1, -0.05) is 103 Å². The molecule has 0 aliphatic heterocycles. The van der Waals surface area contributed by atoms with E-state index in [1.807, 2.05) is 18.2 Å². The predicted octanol–water partition coefficient (Wildman–Crippen LogP) is 6.73. The van der Waals surface area contributed by atoms with E-state index in [1.54, 1.807) is 6.07 Å². The van der Waals surface area contributed by atoms with Gasteiger partial charge in [0.1, 0.15) is 5.15 Å². The number of hydrogen-bond acceptors (Lipinski definition) is 2. The molecule has 0 bridgehead atoms. The number of benzene rings is 3. The lowest BCUT2D eigenvalue weighted by Crippen LogP contribution is -2.32. The van der Waals surface area contributed by atoms with Crippen molar-refractivity contribution in [3.63, 3.8) is 0 Å². The first-order valence-electron chi connectivity index (χ1n) is 10.0. The first-order valence-corrected chi connectivity index (χ1v) is 10.9. The predicted molar refractivity (Wildman–Crippen MR) is 127 cm³/mol. The average molecular weight is 444 g/mol. The van der Waals surface area contributed by atoms with Crippen LogP contribution in [0.3, 0.4) is 0 Å². The summed E-state index contributed by atoms with van der Waals surface area (Å²) < 4.78 is 0. The largest absolute Gasteiger partial charge is 0.280 e. The van der Waals surface area contributed by atoms with Crippen molar-refractivity contribution in [1.82, 2.24) is 15.2 Å². The van der Waals surface area contributed by atoms with Gasteiger partial charge in [-0.15, -0.1) is 11.6 Å². The third-order valence-electron chi connectivity index (χ3n) is 5.69. The zero-order chi connectivity index (χ0) is 21.3. The van der Waals surface area contributed by atoms with E-state index in [9.17, 15) is 0 Å². The second kappa shape index (κ2) is 8.18. The van der Waals surface area contributed by atoms with Gasteiger partial charge in [0, 0.05) is 11.5 Å². The fourth-order valence-electron chi connectivity index (χ4n) is 4.41. The van der Waals surface area contributed by atoms with Gasteiger partial charge in [-0.05, 0) is 16.7 Å². The molecule has 3 aromatic carbocycles. The molecule has 31 heavy (non-hydrogen) atoms. The van der Waals surface area contributed by atoms with Crippen molar-refractivity contribution >= 4 is 34.1 Å². The van der Waals surface area contributed by atoms with E-state index in [1.165, 1.54) is 0 Å². The molecule has 2 aromatic heterocycles. The van der Waals surface area contributed by atoms with Crippen molar-refractivity contribution in [3.8, 4) is 0 Å². The van der Waals surface area contributed by atoms with Crippen LogP contribution in [0.1, 0.15) is 28.1 Å². The van der Waals surface area contributed by atoms with E-state index in [0.29, 0.717) is 11.0 Å². The van der Waals surface area contributed by atoms with Crippen LogP contribution >= 0.6 is 23.2 Å². The molecule has 152 valence electrons. The Kier molecular flexibility index (Phi) is 5.23. The van der Waals surface area contributed by atoms with Crippen molar-refractivity contribution in [2.75, 3.05) is 0 Å². The maximum absolute atomic E-state index is 6.55. The molecule has 5 aromatic rings. The zero-order valence-corrected chi connectivity index (χ0v) is 18.1. The quantitative estimate of drug-likeness (QED) is 0.185. The van der Waals surface area contributed by atoms with E-state index in [2.05, 4.69) is 83.0 Å². The molecule has 5 heteroatoms. The van der Waals surface area contributed by atoms with E-state index in [4.69, 9.17) is 28.2 Å². The summed E-state index contributed by atoms with van der Waals surface area (Å²) in [5.74, 6) is 0.293. The summed E-state index contributed by atoms with van der Waals surface area (Å²) in [5, 5.41) is 8.84. The monoisotopic (exact) mass is 443 g/mol. The Hall–Kier alpha value is -3.14. The van der Waals surface area contributed by atoms with Gasteiger partial charge in [0.2, 0.25) is 0 Å². The Labute approximate surface area is 190 Å². The van der Waals surface area contributed by atoms with Gasteiger partial charge in [0.25, 0.3) is 0 Å². The van der Waals surface area contributed by atoms with Crippen LogP contribution in [-0.4, -0.2) is 15.2 Å². The zero-order valence-electron chi connectivity index (χ0n) is 16.6. The van der Waals surface area contributed by atoms with Gasteiger partial charge in [0.05, 0.1) is 28.2 Å². The second-order valence-electron chi connectivity index (χ2n) is 7.37. The number of pyridine rings is 1. The first-order chi connectivity index (χ1) is 15.2. The van der Waals surface area contributed by atoms with Crippen LogP contribution in [0.5, 0.6) is 0 Å². The van der Waals surface area contributed by atoms with Crippen molar-refractivity contribution in [1.29, 1.82) is 0 Å². The molecule has 0 aliphatic carbocycles. The molecule has 0 saturated carbocycles. The topological polar surface area (TPSA) is 41.6 Å². The summed E-state index contributed by atoms with van der Waals surface area (Å²) >= 11 is 12.9. The maximum Gasteiger partial charge on any atom is 0.131 e. The standard InChI is InChI=1S/C26H19Cl2N3/c27-17-22-24-21(30-31-22)16-23(28)29-25(24)26(18-10-4-1-5-11-18,19-12-6-2-7-13-19)20-14-8-3-9-15-20/h1-16H,17H2,(H,30,31). The Balaban J connectivity index is 2.02. The average Bonchev–Trinajstić information content (AvgIpc) is 3.24. The minimum absolute atomic E-state index is 0.293. The molecule has 1 N–H and O–H groups in total. The van der Waals surface area contributed by atoms with Crippen LogP contribution < -0.4 is 0 Å². The van der Waals surface area contributed by atoms with Crippen molar-refractivity contribution in [2.24, 2.45) is 0 Å². The van der Waals surface area contributed by atoms with Crippen LogP contribution in [0.2, 0.25) is 5.15 Å². The Morgan fingerprint density at radius 1 is 0.742 bits per heavy atom. The Bertz CT molecular complexity index is 1220. The third-order valence-corrected chi connectivity index (χ3v) is 6.15. The second-order valence-corrected chi connectivity index (χ2v) is 8.03. The molecule has 0 spiro atoms. The number of aromatic nitrogens is 3. The number of halogens is 2. The molecule has 0 unspecified atom stereocenters. The lowest BCUT2D eigenvalue weighted by atomic mass is 9.66. The highest BCUT2D eigenvalue weighted by Gasteiger charge is 2.42. The SMILES string of the molecule is ClCc1[nH]nc2cc(Cl)nc(C(c3ccccc3)(c3ccccc3)c3ccccc3)c12. The van der Waals surface area contributed by atoms with E-state index >= 15 is 0 Å². The molecule has 2 heterocycles. The number of aromatic amines is 1. The van der Waals surface area contributed by atoms with E-state index < -0.39 is 5.41 Å². The molecular weight excluding hydrogens is 425 g/mol. The van der Waals surface area contributed by atoms with Crippen molar-refractivity contribution < 1.29 is 0 Å². The molecular formula is C26H19Cl2N3. The molecule has 0 aliphatic rings. The summed E-state index contributed by atoms with van der Waals surface area (Å²) in [6.45, 7) is 0. The molecule has 0 atom stereocenters. The van der Waals surface area contributed by atoms with Gasteiger partial charge < -0.3 is 0 Å². The summed E-state index contributed by atoms with van der Waals surface area (Å²) in [6.07, 6.45) is 0. The minimum atomic E-state index is -0.711. The number of nitrogens with one attached hydrogen (secondary N) is 1. The summed E-state index contributed by atoms with van der Waals surface area (Å²) in [5.41, 5.74) is 4.93. The van der Waals surface area contributed by atoms with Crippen molar-refractivity contribution in [2.45, 2.75) is 11.3 Å². The van der Waals surface area contributed by atoms with Crippen LogP contribution in [-0.2, 0) is 11.3 Å². The highest BCUT2D eigenvalue weighted by molar-refractivity contribution is 6.30. The highest BCUT2D eigenvalue weighted by Crippen LogP contribution is 2.47. The van der Waals surface area contributed by atoms with Gasteiger partial charge in [-0.25, -0.2) is 4.98 Å². The van der Waals surface area contributed by atoms with E-state index in [0.717, 1.165) is 39.0 Å². The number of H-pyrrole nitrogens is 1. The lowest BCUT2D eigenvalue weighted by Gasteiger charge is -2.36. The molecule has 0 saturated heterocycles. The van der Waals surface area contributed by atoms with Crippen LogP contribution in [0, 0.1) is 0 Å². The minimum Gasteiger partial charge on any atom is -0.280 e. The van der Waals surface area contributed by atoms with E-state index in [-0.39, 0.29) is 0 Å². The van der Waals surface area contributed by atoms with Gasteiger partial charge in [-0.2, -0.15) is 5.10 Å². The fraction of sp³-hybridized carbons (Fsp3) is 0.0769. The number of hydrogen-bond donors (Lipinski definition) is 1. The van der Waals surface area contributed by atoms with Crippen LogP contribution in [0.25, 0.3) is 10.9 Å². The highest BCUT2D eigenvalue weighted by atomic mass is 35.5.